The highest BCUT2D eigenvalue weighted by molar-refractivity contribution is 6.30. The van der Waals surface area contributed by atoms with Crippen LogP contribution in [0.5, 0.6) is 0 Å². The summed E-state index contributed by atoms with van der Waals surface area (Å²) < 4.78 is 0. The number of carbonyl (C=O) groups is 1. The second-order valence-corrected chi connectivity index (χ2v) is 6.34. The fraction of sp³-hybridized carbons (Fsp3) is 0.562. The van der Waals surface area contributed by atoms with Crippen LogP contribution in [0.15, 0.2) is 18.2 Å². The third kappa shape index (κ3) is 4.85. The molecule has 1 aromatic carbocycles. The van der Waals surface area contributed by atoms with E-state index in [1.165, 1.54) is 6.42 Å². The molecule has 4 nitrogen and oxygen atoms in total. The van der Waals surface area contributed by atoms with Crippen LogP contribution >= 0.6 is 24.0 Å². The first-order valence-electron chi connectivity index (χ1n) is 7.51. The van der Waals surface area contributed by atoms with Crippen molar-refractivity contribution in [3.05, 3.63) is 28.8 Å². The summed E-state index contributed by atoms with van der Waals surface area (Å²) in [6.07, 6.45) is 2.32. The normalized spacial score (nSPS) is 22.0. The average molecular weight is 346 g/mol. The SMILES string of the molecule is Cc1cc(Cl)ccc1NC(=O)CN1CCCC(C)C1CN.Cl. The number of amides is 1. The highest BCUT2D eigenvalue weighted by atomic mass is 35.5. The summed E-state index contributed by atoms with van der Waals surface area (Å²) >= 11 is 5.93. The number of nitrogens with zero attached hydrogens (tertiary/aromatic N) is 1. The molecule has 2 atom stereocenters. The minimum atomic E-state index is 0. The van der Waals surface area contributed by atoms with Crippen LogP contribution in [-0.4, -0.2) is 36.5 Å². The summed E-state index contributed by atoms with van der Waals surface area (Å²) in [5.41, 5.74) is 7.65. The quantitative estimate of drug-likeness (QED) is 0.881. The number of nitrogens with two attached hydrogens (primary N) is 1. The molecular weight excluding hydrogens is 321 g/mol. The molecule has 6 heteroatoms. The van der Waals surface area contributed by atoms with E-state index in [9.17, 15) is 4.79 Å². The third-order valence-corrected chi connectivity index (χ3v) is 4.52. The molecule has 2 unspecified atom stereocenters. The minimum absolute atomic E-state index is 0. The number of halogens is 2. The molecular formula is C16H25Cl2N3O. The Bertz CT molecular complexity index is 510. The Kier molecular flexibility index (Phi) is 7.63. The lowest BCUT2D eigenvalue weighted by Gasteiger charge is -2.38. The Labute approximate surface area is 143 Å². The van der Waals surface area contributed by atoms with Crippen LogP contribution in [0.1, 0.15) is 25.3 Å². The van der Waals surface area contributed by atoms with Crippen molar-refractivity contribution >= 4 is 35.6 Å². The number of aryl methyl sites for hydroxylation is 1. The highest BCUT2D eigenvalue weighted by Crippen LogP contribution is 2.23. The molecule has 0 aliphatic carbocycles. The molecule has 0 bridgehead atoms. The second-order valence-electron chi connectivity index (χ2n) is 5.90. The zero-order valence-electron chi connectivity index (χ0n) is 13.1. The van der Waals surface area contributed by atoms with E-state index in [-0.39, 0.29) is 18.3 Å². The van der Waals surface area contributed by atoms with Crippen LogP contribution in [0.2, 0.25) is 5.02 Å². The standard InChI is InChI=1S/C16H24ClN3O.ClH/c1-11-4-3-7-20(15(11)9-18)10-16(21)19-14-6-5-13(17)8-12(14)2;/h5-6,8,11,15H,3-4,7,9-10,18H2,1-2H3,(H,19,21);1H. The smallest absolute Gasteiger partial charge is 0.238 e. The van der Waals surface area contributed by atoms with E-state index >= 15 is 0 Å². The van der Waals surface area contributed by atoms with Crippen molar-refractivity contribution in [2.24, 2.45) is 11.7 Å². The van der Waals surface area contributed by atoms with Gasteiger partial charge in [0, 0.05) is 23.3 Å². The summed E-state index contributed by atoms with van der Waals surface area (Å²) in [5.74, 6) is 0.557. The lowest BCUT2D eigenvalue weighted by atomic mass is 9.91. The minimum Gasteiger partial charge on any atom is -0.329 e. The van der Waals surface area contributed by atoms with Gasteiger partial charge >= 0.3 is 0 Å². The van der Waals surface area contributed by atoms with Gasteiger partial charge in [-0.05, 0) is 56.0 Å². The number of carbonyl (C=O) groups excluding carboxylic acids is 1. The van der Waals surface area contributed by atoms with Crippen molar-refractivity contribution < 1.29 is 4.79 Å². The van der Waals surface area contributed by atoms with Gasteiger partial charge in [-0.1, -0.05) is 18.5 Å². The first-order chi connectivity index (χ1) is 10.0. The molecule has 1 aliphatic rings. The van der Waals surface area contributed by atoms with Crippen LogP contribution < -0.4 is 11.1 Å². The van der Waals surface area contributed by atoms with E-state index in [0.717, 1.165) is 24.2 Å². The summed E-state index contributed by atoms with van der Waals surface area (Å²) in [6, 6.07) is 5.78. The van der Waals surface area contributed by atoms with Gasteiger partial charge in [-0.15, -0.1) is 12.4 Å². The molecule has 124 valence electrons. The lowest BCUT2D eigenvalue weighted by molar-refractivity contribution is -0.118. The van der Waals surface area contributed by atoms with E-state index < -0.39 is 0 Å². The molecule has 1 fully saturated rings. The number of likely N-dealkylation sites (tertiary alicyclic amines) is 1. The summed E-state index contributed by atoms with van der Waals surface area (Å²) in [6.45, 7) is 6.10. The Morgan fingerprint density at radius 2 is 2.23 bits per heavy atom. The van der Waals surface area contributed by atoms with Crippen LogP contribution in [0.3, 0.4) is 0 Å². The van der Waals surface area contributed by atoms with Gasteiger partial charge in [-0.2, -0.15) is 0 Å². The number of nitrogens with one attached hydrogen (secondary N) is 1. The fourth-order valence-electron chi connectivity index (χ4n) is 3.05. The Hall–Kier alpha value is -0.810. The molecule has 2 rings (SSSR count). The highest BCUT2D eigenvalue weighted by Gasteiger charge is 2.28. The maximum atomic E-state index is 12.3. The maximum absolute atomic E-state index is 12.3. The van der Waals surface area contributed by atoms with E-state index in [1.807, 2.05) is 19.1 Å². The number of benzene rings is 1. The number of hydrogen-bond acceptors (Lipinski definition) is 3. The van der Waals surface area contributed by atoms with Crippen molar-refractivity contribution in [1.82, 2.24) is 4.90 Å². The van der Waals surface area contributed by atoms with Gasteiger partial charge in [0.25, 0.3) is 0 Å². The molecule has 1 amide bonds. The summed E-state index contributed by atoms with van der Waals surface area (Å²) in [7, 11) is 0. The number of hydrogen-bond donors (Lipinski definition) is 2. The molecule has 0 aromatic heterocycles. The Balaban J connectivity index is 0.00000242. The van der Waals surface area contributed by atoms with Gasteiger partial charge in [-0.3, -0.25) is 9.69 Å². The van der Waals surface area contributed by atoms with Crippen LogP contribution in [-0.2, 0) is 4.79 Å². The molecule has 3 N–H and O–H groups in total. The summed E-state index contributed by atoms with van der Waals surface area (Å²) in [4.78, 5) is 14.5. The van der Waals surface area contributed by atoms with Gasteiger partial charge in [0.2, 0.25) is 5.91 Å². The molecule has 1 heterocycles. The van der Waals surface area contributed by atoms with E-state index in [4.69, 9.17) is 17.3 Å². The number of rotatable bonds is 4. The molecule has 1 saturated heterocycles. The van der Waals surface area contributed by atoms with E-state index in [2.05, 4.69) is 17.1 Å². The number of anilines is 1. The molecule has 0 saturated carbocycles. The first-order valence-corrected chi connectivity index (χ1v) is 7.89. The van der Waals surface area contributed by atoms with E-state index in [0.29, 0.717) is 30.1 Å². The van der Waals surface area contributed by atoms with Gasteiger partial charge < -0.3 is 11.1 Å². The number of piperidine rings is 1. The third-order valence-electron chi connectivity index (χ3n) is 4.28. The maximum Gasteiger partial charge on any atom is 0.238 e. The van der Waals surface area contributed by atoms with Crippen LogP contribution in [0.4, 0.5) is 5.69 Å². The van der Waals surface area contributed by atoms with Gasteiger partial charge in [0.05, 0.1) is 6.54 Å². The predicted molar refractivity (Wildman–Crippen MR) is 94.9 cm³/mol. The van der Waals surface area contributed by atoms with Crippen LogP contribution in [0, 0.1) is 12.8 Å². The Morgan fingerprint density at radius 1 is 1.50 bits per heavy atom. The summed E-state index contributed by atoms with van der Waals surface area (Å²) in [5, 5.41) is 3.64. The predicted octanol–water partition coefficient (Wildman–Crippen LogP) is 3.07. The lowest BCUT2D eigenvalue weighted by Crippen LogP contribution is -2.51. The molecule has 1 aliphatic heterocycles. The molecule has 1 aromatic rings. The van der Waals surface area contributed by atoms with E-state index in [1.54, 1.807) is 6.07 Å². The van der Waals surface area contributed by atoms with Crippen molar-refractivity contribution in [2.75, 3.05) is 25.0 Å². The van der Waals surface area contributed by atoms with Crippen molar-refractivity contribution in [1.29, 1.82) is 0 Å². The van der Waals surface area contributed by atoms with Gasteiger partial charge in [0.15, 0.2) is 0 Å². The fourth-order valence-corrected chi connectivity index (χ4v) is 3.28. The zero-order chi connectivity index (χ0) is 15.4. The van der Waals surface area contributed by atoms with Crippen molar-refractivity contribution in [3.8, 4) is 0 Å². The van der Waals surface area contributed by atoms with Gasteiger partial charge in [0.1, 0.15) is 0 Å². The van der Waals surface area contributed by atoms with Crippen molar-refractivity contribution in [2.45, 2.75) is 32.7 Å². The molecule has 0 radical (unpaired) electrons. The average Bonchev–Trinajstić information content (AvgIpc) is 2.42. The molecule has 0 spiro atoms. The van der Waals surface area contributed by atoms with Crippen LogP contribution in [0.25, 0.3) is 0 Å². The van der Waals surface area contributed by atoms with Crippen molar-refractivity contribution in [3.63, 3.8) is 0 Å². The largest absolute Gasteiger partial charge is 0.329 e. The zero-order valence-corrected chi connectivity index (χ0v) is 14.7. The molecule has 22 heavy (non-hydrogen) atoms. The Morgan fingerprint density at radius 3 is 2.86 bits per heavy atom. The topological polar surface area (TPSA) is 58.4 Å². The first kappa shape index (κ1) is 19.2. The second kappa shape index (κ2) is 8.73. The van der Waals surface area contributed by atoms with Gasteiger partial charge in [-0.25, -0.2) is 0 Å². The monoisotopic (exact) mass is 345 g/mol.